The smallest absolute Gasteiger partial charge is 0.0799 e. The van der Waals surface area contributed by atoms with Crippen molar-refractivity contribution in [2.24, 2.45) is 5.41 Å². The predicted molar refractivity (Wildman–Crippen MR) is 72.6 cm³/mol. The fraction of sp³-hybridized carbons (Fsp3) is 0.750. The third-order valence-corrected chi connectivity index (χ3v) is 2.76. The zero-order valence-electron chi connectivity index (χ0n) is 11.3. The van der Waals surface area contributed by atoms with Crippen molar-refractivity contribution in [1.29, 1.82) is 0 Å². The van der Waals surface area contributed by atoms with E-state index in [1.807, 2.05) is 33.3 Å². The third kappa shape index (κ3) is 5.06. The zero-order chi connectivity index (χ0) is 12.3. The van der Waals surface area contributed by atoms with Crippen molar-refractivity contribution < 1.29 is 5.11 Å². The van der Waals surface area contributed by atoms with Gasteiger partial charge < -0.3 is 10.0 Å². The maximum atomic E-state index is 10.2. The summed E-state index contributed by atoms with van der Waals surface area (Å²) in [6.45, 7) is 7.51. The van der Waals surface area contributed by atoms with E-state index in [0.717, 1.165) is 12.2 Å². The van der Waals surface area contributed by atoms with Crippen LogP contribution in [-0.4, -0.2) is 46.5 Å². The van der Waals surface area contributed by atoms with Gasteiger partial charge in [-0.1, -0.05) is 13.8 Å². The standard InChI is InChI=1S/C12H23N3O.ClH/c1-10-6-7-15(13-10)8-11(16)12(2,3)9-14(4)5;/h6-7,11,16H,8-9H2,1-5H3;1H. The van der Waals surface area contributed by atoms with Crippen molar-refractivity contribution in [3.8, 4) is 0 Å². The lowest BCUT2D eigenvalue weighted by molar-refractivity contribution is 0.0171. The van der Waals surface area contributed by atoms with Crippen LogP contribution < -0.4 is 0 Å². The van der Waals surface area contributed by atoms with Crippen LogP contribution in [0, 0.1) is 12.3 Å². The van der Waals surface area contributed by atoms with E-state index >= 15 is 0 Å². The Hall–Kier alpha value is -0.580. The fourth-order valence-electron chi connectivity index (χ4n) is 1.91. The van der Waals surface area contributed by atoms with Crippen molar-refractivity contribution in [2.75, 3.05) is 20.6 Å². The maximum Gasteiger partial charge on any atom is 0.0799 e. The Balaban J connectivity index is 0.00000256. The van der Waals surface area contributed by atoms with Crippen LogP contribution in [0.25, 0.3) is 0 Å². The summed E-state index contributed by atoms with van der Waals surface area (Å²) in [5.74, 6) is 0. The Morgan fingerprint density at radius 3 is 2.47 bits per heavy atom. The molecule has 1 rings (SSSR count). The van der Waals surface area contributed by atoms with Crippen molar-refractivity contribution in [1.82, 2.24) is 14.7 Å². The van der Waals surface area contributed by atoms with E-state index < -0.39 is 6.10 Å². The topological polar surface area (TPSA) is 41.3 Å². The van der Waals surface area contributed by atoms with Crippen LogP contribution in [0.1, 0.15) is 19.5 Å². The lowest BCUT2D eigenvalue weighted by Gasteiger charge is -2.33. The quantitative estimate of drug-likeness (QED) is 0.875. The second-order valence-electron chi connectivity index (χ2n) is 5.42. The van der Waals surface area contributed by atoms with Crippen LogP contribution in [0.5, 0.6) is 0 Å². The summed E-state index contributed by atoms with van der Waals surface area (Å²) in [6, 6.07) is 1.95. The van der Waals surface area contributed by atoms with E-state index in [2.05, 4.69) is 23.8 Å². The molecule has 5 heteroatoms. The van der Waals surface area contributed by atoms with E-state index in [4.69, 9.17) is 0 Å². The second kappa shape index (κ2) is 6.38. The van der Waals surface area contributed by atoms with Gasteiger partial charge in [-0.25, -0.2) is 0 Å². The third-order valence-electron chi connectivity index (χ3n) is 2.76. The van der Waals surface area contributed by atoms with E-state index in [1.165, 1.54) is 0 Å². The van der Waals surface area contributed by atoms with Crippen molar-refractivity contribution in [2.45, 2.75) is 33.4 Å². The number of aliphatic hydroxyl groups is 1. The predicted octanol–water partition coefficient (Wildman–Crippen LogP) is 1.56. The first-order chi connectivity index (χ1) is 7.31. The summed E-state index contributed by atoms with van der Waals surface area (Å²) >= 11 is 0. The first-order valence-corrected chi connectivity index (χ1v) is 5.64. The number of aromatic nitrogens is 2. The van der Waals surface area contributed by atoms with Crippen molar-refractivity contribution in [3.63, 3.8) is 0 Å². The van der Waals surface area contributed by atoms with E-state index in [0.29, 0.717) is 6.54 Å². The molecule has 0 spiro atoms. The first-order valence-electron chi connectivity index (χ1n) is 5.64. The SMILES string of the molecule is Cc1ccn(CC(O)C(C)(C)CN(C)C)n1.Cl. The molecule has 17 heavy (non-hydrogen) atoms. The zero-order valence-corrected chi connectivity index (χ0v) is 12.2. The molecule has 1 N–H and O–H groups in total. The molecular formula is C12H24ClN3O. The number of aliphatic hydroxyl groups excluding tert-OH is 1. The molecule has 0 aliphatic heterocycles. The minimum absolute atomic E-state index is 0. The summed E-state index contributed by atoms with van der Waals surface area (Å²) < 4.78 is 1.80. The molecule has 1 unspecified atom stereocenters. The lowest BCUT2D eigenvalue weighted by Crippen LogP contribution is -2.41. The summed E-state index contributed by atoms with van der Waals surface area (Å²) in [4.78, 5) is 2.09. The van der Waals surface area contributed by atoms with E-state index in [1.54, 1.807) is 4.68 Å². The number of aryl methyl sites for hydroxylation is 1. The fourth-order valence-corrected chi connectivity index (χ4v) is 1.91. The molecule has 0 aromatic carbocycles. The number of hydrogen-bond donors (Lipinski definition) is 1. The van der Waals surface area contributed by atoms with Gasteiger partial charge in [-0.2, -0.15) is 5.10 Å². The summed E-state index contributed by atoms with van der Waals surface area (Å²) in [5.41, 5.74) is 0.848. The minimum atomic E-state index is -0.394. The molecule has 1 aromatic rings. The molecule has 1 aromatic heterocycles. The van der Waals surface area contributed by atoms with Gasteiger partial charge >= 0.3 is 0 Å². The number of hydrogen-bond acceptors (Lipinski definition) is 3. The molecule has 0 aliphatic rings. The Labute approximate surface area is 110 Å². The Morgan fingerprint density at radius 2 is 2.06 bits per heavy atom. The van der Waals surface area contributed by atoms with Crippen LogP contribution in [-0.2, 0) is 6.54 Å². The normalized spacial score (nSPS) is 13.6. The molecule has 0 saturated carbocycles. The van der Waals surface area contributed by atoms with Gasteiger partial charge in [0.25, 0.3) is 0 Å². The highest BCUT2D eigenvalue weighted by Crippen LogP contribution is 2.22. The van der Waals surface area contributed by atoms with Gasteiger partial charge in [-0.3, -0.25) is 4.68 Å². The van der Waals surface area contributed by atoms with Crippen LogP contribution in [0.3, 0.4) is 0 Å². The molecule has 0 aliphatic carbocycles. The highest BCUT2D eigenvalue weighted by molar-refractivity contribution is 5.85. The summed E-state index contributed by atoms with van der Waals surface area (Å²) in [6.07, 6.45) is 1.51. The molecule has 0 radical (unpaired) electrons. The van der Waals surface area contributed by atoms with Gasteiger partial charge in [-0.15, -0.1) is 12.4 Å². The van der Waals surface area contributed by atoms with E-state index in [-0.39, 0.29) is 17.8 Å². The molecule has 0 amide bonds. The average Bonchev–Trinajstić information content (AvgIpc) is 2.48. The monoisotopic (exact) mass is 261 g/mol. The number of rotatable bonds is 5. The average molecular weight is 262 g/mol. The van der Waals surface area contributed by atoms with Gasteiger partial charge in [-0.05, 0) is 27.1 Å². The van der Waals surface area contributed by atoms with Gasteiger partial charge in [0.15, 0.2) is 0 Å². The molecule has 0 bridgehead atoms. The largest absolute Gasteiger partial charge is 0.391 e. The molecule has 1 atom stereocenters. The lowest BCUT2D eigenvalue weighted by atomic mass is 9.86. The van der Waals surface area contributed by atoms with Crippen molar-refractivity contribution >= 4 is 12.4 Å². The van der Waals surface area contributed by atoms with Gasteiger partial charge in [0.05, 0.1) is 18.3 Å². The van der Waals surface area contributed by atoms with Gasteiger partial charge in [0.1, 0.15) is 0 Å². The van der Waals surface area contributed by atoms with E-state index in [9.17, 15) is 5.11 Å². The maximum absolute atomic E-state index is 10.2. The minimum Gasteiger partial charge on any atom is -0.391 e. The molecule has 0 fully saturated rings. The van der Waals surface area contributed by atoms with Gasteiger partial charge in [0, 0.05) is 18.2 Å². The summed E-state index contributed by atoms with van der Waals surface area (Å²) in [5, 5.41) is 14.5. The van der Waals surface area contributed by atoms with Crippen LogP contribution >= 0.6 is 12.4 Å². The molecule has 100 valence electrons. The molecule has 0 saturated heterocycles. The highest BCUT2D eigenvalue weighted by Gasteiger charge is 2.28. The van der Waals surface area contributed by atoms with Crippen LogP contribution in [0.15, 0.2) is 12.3 Å². The number of halogens is 1. The Kier molecular flexibility index (Phi) is 6.16. The molecular weight excluding hydrogens is 238 g/mol. The number of nitrogens with zero attached hydrogens (tertiary/aromatic N) is 3. The van der Waals surface area contributed by atoms with Crippen molar-refractivity contribution in [3.05, 3.63) is 18.0 Å². The van der Waals surface area contributed by atoms with Crippen LogP contribution in [0.4, 0.5) is 0 Å². The Bertz CT molecular complexity index is 336. The molecule has 1 heterocycles. The highest BCUT2D eigenvalue weighted by atomic mass is 35.5. The molecule has 4 nitrogen and oxygen atoms in total. The van der Waals surface area contributed by atoms with Gasteiger partial charge in [0.2, 0.25) is 0 Å². The Morgan fingerprint density at radius 1 is 1.47 bits per heavy atom. The second-order valence-corrected chi connectivity index (χ2v) is 5.42. The van der Waals surface area contributed by atoms with Crippen LogP contribution in [0.2, 0.25) is 0 Å². The summed E-state index contributed by atoms with van der Waals surface area (Å²) in [7, 11) is 4.04. The first kappa shape index (κ1) is 16.4.